The fraction of sp³-hybridized carbons (Fsp3) is 0.476. The largest absolute Gasteiger partial charge is 0.336 e. The second kappa shape index (κ2) is 8.51. The van der Waals surface area contributed by atoms with Crippen molar-refractivity contribution in [3.05, 3.63) is 46.1 Å². The van der Waals surface area contributed by atoms with E-state index in [0.717, 1.165) is 12.1 Å². The van der Waals surface area contributed by atoms with Crippen molar-refractivity contribution in [2.75, 3.05) is 19.6 Å². The molecule has 0 bridgehead atoms. The molecule has 3 aliphatic rings. The maximum Gasteiger partial charge on any atom is 0.311 e. The van der Waals surface area contributed by atoms with Gasteiger partial charge in [-0.2, -0.15) is 10.2 Å². The van der Waals surface area contributed by atoms with Gasteiger partial charge in [0.05, 0.1) is 22.8 Å². The maximum atomic E-state index is 13.6. The number of nitrogens with one attached hydrogen (secondary N) is 1. The van der Waals surface area contributed by atoms with Gasteiger partial charge in [-0.05, 0) is 30.2 Å². The average molecular weight is 487 g/mol. The molecule has 1 aliphatic carbocycles. The maximum absolute atomic E-state index is 13.6. The van der Waals surface area contributed by atoms with Gasteiger partial charge in [-0.3, -0.25) is 14.4 Å². The molecule has 1 atom stereocenters. The summed E-state index contributed by atoms with van der Waals surface area (Å²) in [6.07, 6.45) is 0.226. The van der Waals surface area contributed by atoms with E-state index < -0.39 is 58.7 Å². The van der Waals surface area contributed by atoms with Crippen molar-refractivity contribution in [1.29, 1.82) is 0 Å². The number of amides is 2. The van der Waals surface area contributed by atoms with Gasteiger partial charge in [0.15, 0.2) is 11.6 Å². The van der Waals surface area contributed by atoms with Gasteiger partial charge in [0.25, 0.3) is 5.92 Å². The normalized spacial score (nSPS) is 22.6. The monoisotopic (exact) mass is 486 g/mol. The summed E-state index contributed by atoms with van der Waals surface area (Å²) in [4.78, 5) is 38.9. The Balaban J connectivity index is 1.36. The van der Waals surface area contributed by atoms with Crippen LogP contribution in [-0.2, 0) is 20.8 Å². The van der Waals surface area contributed by atoms with Gasteiger partial charge in [0.1, 0.15) is 5.78 Å². The molecule has 33 heavy (non-hydrogen) atoms. The first-order valence-corrected chi connectivity index (χ1v) is 10.6. The number of ketones is 1. The van der Waals surface area contributed by atoms with Crippen LogP contribution in [0.4, 0.5) is 17.6 Å². The highest BCUT2D eigenvalue weighted by molar-refractivity contribution is 6.35. The molecule has 1 aromatic rings. The van der Waals surface area contributed by atoms with Gasteiger partial charge < -0.3 is 10.2 Å². The number of carbonyl (C=O) groups excluding carboxylic acids is 3. The van der Waals surface area contributed by atoms with Crippen LogP contribution in [-0.4, -0.2) is 53.6 Å². The predicted molar refractivity (Wildman–Crippen MR) is 108 cm³/mol. The average Bonchev–Trinajstić information content (AvgIpc) is 3.42. The van der Waals surface area contributed by atoms with Gasteiger partial charge in [-0.1, -0.05) is 11.6 Å². The molecule has 0 spiro atoms. The summed E-state index contributed by atoms with van der Waals surface area (Å²) < 4.78 is 54.0. The van der Waals surface area contributed by atoms with E-state index in [9.17, 15) is 31.9 Å². The molecule has 2 amide bonds. The zero-order valence-corrected chi connectivity index (χ0v) is 18.0. The fourth-order valence-corrected chi connectivity index (χ4v) is 4.65. The first kappa shape index (κ1) is 23.3. The number of halogens is 5. The first-order chi connectivity index (χ1) is 15.5. The Morgan fingerprint density at radius 3 is 2.55 bits per heavy atom. The van der Waals surface area contributed by atoms with Crippen LogP contribution < -0.4 is 5.32 Å². The number of hydrogen-bond acceptors (Lipinski definition) is 5. The highest BCUT2D eigenvalue weighted by atomic mass is 35.5. The molecule has 2 fully saturated rings. The van der Waals surface area contributed by atoms with E-state index in [4.69, 9.17) is 11.6 Å². The zero-order chi connectivity index (χ0) is 24.0. The number of azo groups is 1. The third-order valence-electron chi connectivity index (χ3n) is 6.06. The van der Waals surface area contributed by atoms with E-state index in [1.165, 1.54) is 11.0 Å². The number of likely N-dealkylation sites (tertiary alicyclic amines) is 1. The summed E-state index contributed by atoms with van der Waals surface area (Å²) in [6, 6.07) is 2.04. The summed E-state index contributed by atoms with van der Waals surface area (Å²) in [7, 11) is 0. The minimum atomic E-state index is -2.98. The second-order valence-electron chi connectivity index (χ2n) is 8.51. The zero-order valence-electron chi connectivity index (χ0n) is 17.2. The number of alkyl halides is 2. The molecule has 12 heteroatoms. The number of benzene rings is 1. The highest BCUT2D eigenvalue weighted by Crippen LogP contribution is 2.50. The molecule has 4 rings (SSSR count). The Hall–Kier alpha value is -2.82. The topological polar surface area (TPSA) is 91.2 Å². The predicted octanol–water partition coefficient (Wildman–Crippen LogP) is 3.21. The molecule has 2 aliphatic heterocycles. The Morgan fingerprint density at radius 1 is 1.21 bits per heavy atom. The number of nitrogens with zero attached hydrogens (tertiary/aromatic N) is 3. The van der Waals surface area contributed by atoms with Gasteiger partial charge in [0, 0.05) is 38.3 Å². The summed E-state index contributed by atoms with van der Waals surface area (Å²) >= 11 is 5.61. The van der Waals surface area contributed by atoms with E-state index in [0.29, 0.717) is 0 Å². The SMILES string of the molecule is O=C(NC1(C2=CCN=N2)CC(F)(F)C1)C(=O)N1CC[C@H](C(=O)Cc2cc(F)c(F)c(Cl)c2)C1. The van der Waals surface area contributed by atoms with Crippen molar-refractivity contribution in [1.82, 2.24) is 10.2 Å². The smallest absolute Gasteiger partial charge is 0.311 e. The van der Waals surface area contributed by atoms with Crippen LogP contribution in [0.3, 0.4) is 0 Å². The lowest BCUT2D eigenvalue weighted by molar-refractivity contribution is -0.153. The van der Waals surface area contributed by atoms with Crippen molar-refractivity contribution in [2.24, 2.45) is 16.1 Å². The summed E-state index contributed by atoms with van der Waals surface area (Å²) in [5.41, 5.74) is -1.05. The van der Waals surface area contributed by atoms with Gasteiger partial charge >= 0.3 is 11.8 Å². The quantitative estimate of drug-likeness (QED) is 0.393. The molecular formula is C21H19ClF4N4O3. The Bertz CT molecular complexity index is 1060. The van der Waals surface area contributed by atoms with Crippen molar-refractivity contribution in [3.63, 3.8) is 0 Å². The number of Topliss-reactive ketones (excluding diaryl/α,β-unsaturated/α-hetero) is 1. The Labute approximate surface area is 190 Å². The van der Waals surface area contributed by atoms with Crippen molar-refractivity contribution >= 4 is 29.2 Å². The van der Waals surface area contributed by atoms with Crippen LogP contribution in [0, 0.1) is 17.6 Å². The minimum absolute atomic E-state index is 0.0476. The molecule has 176 valence electrons. The third-order valence-corrected chi connectivity index (χ3v) is 6.33. The number of rotatable bonds is 5. The fourth-order valence-electron chi connectivity index (χ4n) is 4.42. The van der Waals surface area contributed by atoms with Crippen LogP contribution in [0.5, 0.6) is 0 Å². The lowest BCUT2D eigenvalue weighted by atomic mass is 9.71. The van der Waals surface area contributed by atoms with E-state index in [1.54, 1.807) is 0 Å². The standard InChI is InChI=1S/C21H19ClF4N4O3/c22-13-5-11(6-14(23)17(13)24)7-15(31)12-2-4-30(8-12)19(33)18(32)28-20(9-21(25,26)10-20)16-1-3-27-29-16/h1,5-6,12H,2-4,7-10H2,(H,28,32)/t12-/m0/s1. The van der Waals surface area contributed by atoms with E-state index in [1.807, 2.05) is 0 Å². The molecular weight excluding hydrogens is 468 g/mol. The van der Waals surface area contributed by atoms with E-state index in [2.05, 4.69) is 15.5 Å². The van der Waals surface area contributed by atoms with Crippen molar-refractivity contribution in [3.8, 4) is 0 Å². The van der Waals surface area contributed by atoms with Gasteiger partial charge in [-0.25, -0.2) is 17.6 Å². The molecule has 1 aromatic carbocycles. The molecule has 7 nitrogen and oxygen atoms in total. The Morgan fingerprint density at radius 2 is 1.94 bits per heavy atom. The lowest BCUT2D eigenvalue weighted by Gasteiger charge is -2.47. The van der Waals surface area contributed by atoms with Gasteiger partial charge in [-0.15, -0.1) is 0 Å². The number of hydrogen-bond donors (Lipinski definition) is 1. The van der Waals surface area contributed by atoms with Crippen LogP contribution >= 0.6 is 11.6 Å². The molecule has 2 heterocycles. The van der Waals surface area contributed by atoms with E-state index >= 15 is 0 Å². The van der Waals surface area contributed by atoms with E-state index in [-0.39, 0.29) is 49.5 Å². The second-order valence-corrected chi connectivity index (χ2v) is 8.92. The van der Waals surface area contributed by atoms with Gasteiger partial charge in [0.2, 0.25) is 0 Å². The third kappa shape index (κ3) is 4.64. The van der Waals surface area contributed by atoms with Crippen LogP contribution in [0.1, 0.15) is 24.8 Å². The molecule has 0 radical (unpaired) electrons. The van der Waals surface area contributed by atoms with Crippen LogP contribution in [0.2, 0.25) is 5.02 Å². The first-order valence-electron chi connectivity index (χ1n) is 10.2. The molecule has 1 N–H and O–H groups in total. The molecule has 0 aromatic heterocycles. The van der Waals surface area contributed by atoms with Crippen LogP contribution in [0.15, 0.2) is 34.1 Å². The van der Waals surface area contributed by atoms with Crippen LogP contribution in [0.25, 0.3) is 0 Å². The van der Waals surface area contributed by atoms with Crippen molar-refractivity contribution in [2.45, 2.75) is 37.1 Å². The highest BCUT2D eigenvalue weighted by Gasteiger charge is 2.60. The molecule has 0 unspecified atom stereocenters. The lowest BCUT2D eigenvalue weighted by Crippen LogP contribution is -2.64. The number of carbonyl (C=O) groups is 3. The summed E-state index contributed by atoms with van der Waals surface area (Å²) in [6.45, 7) is 0.284. The van der Waals surface area contributed by atoms with Crippen molar-refractivity contribution < 1.29 is 31.9 Å². The summed E-state index contributed by atoms with van der Waals surface area (Å²) in [5, 5.41) is 9.48. The minimum Gasteiger partial charge on any atom is -0.336 e. The Kier molecular flexibility index (Phi) is 6.02. The summed E-state index contributed by atoms with van der Waals surface area (Å²) in [5.74, 6) is -8.28. The molecule has 1 saturated heterocycles. The molecule has 1 saturated carbocycles.